The SMILES string of the molecule is CCCCOc1ccc(C(=O)NCCc2cccc(F)c2)cc1OC. The van der Waals surface area contributed by atoms with Gasteiger partial charge in [-0.25, -0.2) is 4.39 Å². The van der Waals surface area contributed by atoms with Gasteiger partial charge in [-0.2, -0.15) is 0 Å². The minimum Gasteiger partial charge on any atom is -0.493 e. The fraction of sp³-hybridized carbons (Fsp3) is 0.350. The van der Waals surface area contributed by atoms with Gasteiger partial charge in [-0.15, -0.1) is 0 Å². The summed E-state index contributed by atoms with van der Waals surface area (Å²) in [6, 6.07) is 11.5. The highest BCUT2D eigenvalue weighted by Gasteiger charge is 2.11. The molecule has 0 unspecified atom stereocenters. The van der Waals surface area contributed by atoms with Crippen molar-refractivity contribution in [3.05, 3.63) is 59.4 Å². The fourth-order valence-electron chi connectivity index (χ4n) is 2.37. The van der Waals surface area contributed by atoms with Gasteiger partial charge in [0.2, 0.25) is 0 Å². The minimum atomic E-state index is -0.271. The number of halogens is 1. The largest absolute Gasteiger partial charge is 0.493 e. The molecule has 0 radical (unpaired) electrons. The normalized spacial score (nSPS) is 10.4. The molecule has 0 aliphatic heterocycles. The smallest absolute Gasteiger partial charge is 0.251 e. The van der Waals surface area contributed by atoms with Gasteiger partial charge in [0, 0.05) is 12.1 Å². The molecule has 0 saturated carbocycles. The average Bonchev–Trinajstić information content (AvgIpc) is 2.62. The zero-order valence-corrected chi connectivity index (χ0v) is 14.7. The number of hydrogen-bond acceptors (Lipinski definition) is 3. The van der Waals surface area contributed by atoms with E-state index < -0.39 is 0 Å². The molecule has 0 atom stereocenters. The topological polar surface area (TPSA) is 47.6 Å². The van der Waals surface area contributed by atoms with Crippen LogP contribution in [0.5, 0.6) is 11.5 Å². The molecule has 134 valence electrons. The lowest BCUT2D eigenvalue weighted by molar-refractivity contribution is 0.0953. The number of hydrogen-bond donors (Lipinski definition) is 1. The van der Waals surface area contributed by atoms with Crippen molar-refractivity contribution in [2.45, 2.75) is 26.2 Å². The molecule has 2 rings (SSSR count). The summed E-state index contributed by atoms with van der Waals surface area (Å²) in [5.41, 5.74) is 1.34. The molecule has 25 heavy (non-hydrogen) atoms. The Morgan fingerprint density at radius 1 is 1.16 bits per heavy atom. The highest BCUT2D eigenvalue weighted by Crippen LogP contribution is 2.28. The van der Waals surface area contributed by atoms with Crippen molar-refractivity contribution in [3.63, 3.8) is 0 Å². The number of amides is 1. The van der Waals surface area contributed by atoms with Gasteiger partial charge in [0.1, 0.15) is 5.82 Å². The summed E-state index contributed by atoms with van der Waals surface area (Å²) in [5.74, 6) is 0.697. The van der Waals surface area contributed by atoms with E-state index in [0.29, 0.717) is 36.6 Å². The van der Waals surface area contributed by atoms with Gasteiger partial charge in [0.15, 0.2) is 11.5 Å². The van der Waals surface area contributed by atoms with Crippen LogP contribution in [-0.2, 0) is 6.42 Å². The maximum Gasteiger partial charge on any atom is 0.251 e. The average molecular weight is 345 g/mol. The molecule has 4 nitrogen and oxygen atoms in total. The first-order valence-corrected chi connectivity index (χ1v) is 8.47. The third-order valence-corrected chi connectivity index (χ3v) is 3.77. The van der Waals surface area contributed by atoms with Gasteiger partial charge in [0.05, 0.1) is 13.7 Å². The molecular formula is C20H24FNO3. The maximum atomic E-state index is 13.1. The Hall–Kier alpha value is -2.56. The van der Waals surface area contributed by atoms with Crippen molar-refractivity contribution >= 4 is 5.91 Å². The van der Waals surface area contributed by atoms with Gasteiger partial charge < -0.3 is 14.8 Å². The molecule has 5 heteroatoms. The summed E-state index contributed by atoms with van der Waals surface area (Å²) in [6.07, 6.45) is 2.58. The van der Waals surface area contributed by atoms with Crippen LogP contribution in [0.25, 0.3) is 0 Å². The Bertz CT molecular complexity index is 703. The van der Waals surface area contributed by atoms with E-state index in [1.165, 1.54) is 12.1 Å². The zero-order valence-electron chi connectivity index (χ0n) is 14.7. The lowest BCUT2D eigenvalue weighted by Crippen LogP contribution is -2.25. The van der Waals surface area contributed by atoms with Crippen LogP contribution in [0.2, 0.25) is 0 Å². The first-order chi connectivity index (χ1) is 12.1. The minimum absolute atomic E-state index is 0.199. The van der Waals surface area contributed by atoms with Crippen LogP contribution < -0.4 is 14.8 Å². The lowest BCUT2D eigenvalue weighted by Gasteiger charge is -2.12. The van der Waals surface area contributed by atoms with E-state index in [0.717, 1.165) is 18.4 Å². The first kappa shape index (κ1) is 18.8. The number of carbonyl (C=O) groups is 1. The third-order valence-electron chi connectivity index (χ3n) is 3.77. The molecule has 0 spiro atoms. The van der Waals surface area contributed by atoms with Crippen molar-refractivity contribution in [1.29, 1.82) is 0 Å². The molecule has 0 heterocycles. The van der Waals surface area contributed by atoms with E-state index in [9.17, 15) is 9.18 Å². The molecule has 2 aromatic rings. The van der Waals surface area contributed by atoms with Gasteiger partial charge in [0.25, 0.3) is 5.91 Å². The molecule has 1 N–H and O–H groups in total. The van der Waals surface area contributed by atoms with Crippen LogP contribution >= 0.6 is 0 Å². The number of carbonyl (C=O) groups excluding carboxylic acids is 1. The summed E-state index contributed by atoms with van der Waals surface area (Å²) < 4.78 is 24.1. The van der Waals surface area contributed by atoms with E-state index in [4.69, 9.17) is 9.47 Å². The van der Waals surface area contributed by atoms with Gasteiger partial charge in [-0.05, 0) is 48.7 Å². The summed E-state index contributed by atoms with van der Waals surface area (Å²) >= 11 is 0. The van der Waals surface area contributed by atoms with Crippen molar-refractivity contribution < 1.29 is 18.7 Å². The predicted molar refractivity (Wildman–Crippen MR) is 95.8 cm³/mol. The molecule has 0 saturated heterocycles. The van der Waals surface area contributed by atoms with E-state index in [2.05, 4.69) is 12.2 Å². The van der Waals surface area contributed by atoms with Gasteiger partial charge >= 0.3 is 0 Å². The number of unbranched alkanes of at least 4 members (excludes halogenated alkanes) is 1. The quantitative estimate of drug-likeness (QED) is 0.699. The van der Waals surface area contributed by atoms with Crippen LogP contribution in [0.15, 0.2) is 42.5 Å². The summed E-state index contributed by atoms with van der Waals surface area (Å²) in [5, 5.41) is 2.83. The van der Waals surface area contributed by atoms with Crippen molar-refractivity contribution in [3.8, 4) is 11.5 Å². The van der Waals surface area contributed by atoms with Crippen LogP contribution in [-0.4, -0.2) is 26.2 Å². The second kappa shape index (κ2) is 9.67. The van der Waals surface area contributed by atoms with Crippen LogP contribution in [0.3, 0.4) is 0 Å². The third kappa shape index (κ3) is 5.78. The van der Waals surface area contributed by atoms with E-state index in [1.807, 2.05) is 6.07 Å². The second-order valence-electron chi connectivity index (χ2n) is 5.70. The molecule has 2 aromatic carbocycles. The molecule has 0 fully saturated rings. The Kier molecular flexibility index (Phi) is 7.26. The van der Waals surface area contributed by atoms with E-state index in [-0.39, 0.29) is 11.7 Å². The number of benzene rings is 2. The lowest BCUT2D eigenvalue weighted by atomic mass is 10.1. The number of methoxy groups -OCH3 is 1. The van der Waals surface area contributed by atoms with Crippen LogP contribution in [0, 0.1) is 5.82 Å². The van der Waals surface area contributed by atoms with Gasteiger partial charge in [-0.1, -0.05) is 25.5 Å². The number of nitrogens with one attached hydrogen (secondary N) is 1. The number of ether oxygens (including phenoxy) is 2. The van der Waals surface area contributed by atoms with Crippen molar-refractivity contribution in [2.75, 3.05) is 20.3 Å². The molecule has 0 bridgehead atoms. The predicted octanol–water partition coefficient (Wildman–Crippen LogP) is 3.99. The Morgan fingerprint density at radius 2 is 2.00 bits per heavy atom. The van der Waals surface area contributed by atoms with Crippen LogP contribution in [0.4, 0.5) is 4.39 Å². The molecule has 0 aliphatic rings. The summed E-state index contributed by atoms with van der Waals surface area (Å²) in [4.78, 5) is 12.3. The Morgan fingerprint density at radius 3 is 2.72 bits per heavy atom. The summed E-state index contributed by atoms with van der Waals surface area (Å²) in [6.45, 7) is 3.14. The second-order valence-corrected chi connectivity index (χ2v) is 5.70. The van der Waals surface area contributed by atoms with Crippen molar-refractivity contribution in [2.24, 2.45) is 0 Å². The monoisotopic (exact) mass is 345 g/mol. The molecule has 1 amide bonds. The zero-order chi connectivity index (χ0) is 18.1. The Balaban J connectivity index is 1.92. The highest BCUT2D eigenvalue weighted by molar-refractivity contribution is 5.94. The van der Waals surface area contributed by atoms with E-state index >= 15 is 0 Å². The Labute approximate surface area is 148 Å². The number of rotatable bonds is 9. The molecule has 0 aromatic heterocycles. The fourth-order valence-corrected chi connectivity index (χ4v) is 2.37. The van der Waals surface area contributed by atoms with Crippen molar-refractivity contribution in [1.82, 2.24) is 5.32 Å². The van der Waals surface area contributed by atoms with E-state index in [1.54, 1.807) is 31.4 Å². The molecular weight excluding hydrogens is 321 g/mol. The summed E-state index contributed by atoms with van der Waals surface area (Å²) in [7, 11) is 1.55. The highest BCUT2D eigenvalue weighted by atomic mass is 19.1. The molecule has 0 aliphatic carbocycles. The standard InChI is InChI=1S/C20H24FNO3/c1-3-4-12-25-18-9-8-16(14-19(18)24-2)20(23)22-11-10-15-6-5-7-17(21)13-15/h5-9,13-14H,3-4,10-12H2,1-2H3,(H,22,23). The van der Waals surface area contributed by atoms with Crippen LogP contribution in [0.1, 0.15) is 35.7 Å². The van der Waals surface area contributed by atoms with Gasteiger partial charge in [-0.3, -0.25) is 4.79 Å². The maximum absolute atomic E-state index is 13.1. The first-order valence-electron chi connectivity index (χ1n) is 8.47.